The molecule has 0 radical (unpaired) electrons. The molecule has 0 spiro atoms. The summed E-state index contributed by atoms with van der Waals surface area (Å²) in [6.07, 6.45) is 1.38. The second kappa shape index (κ2) is 6.43. The van der Waals surface area contributed by atoms with E-state index in [-0.39, 0.29) is 12.7 Å². The number of nitrogens with one attached hydrogen (secondary N) is 1. The van der Waals surface area contributed by atoms with Crippen LogP contribution >= 0.6 is 23.2 Å². The molecule has 1 aromatic heterocycles. The average molecular weight is 417 g/mol. The highest BCUT2D eigenvalue weighted by atomic mass is 35.5. The third kappa shape index (κ3) is 2.89. The zero-order valence-electron chi connectivity index (χ0n) is 14.5. The smallest absolute Gasteiger partial charge is 0.236 e. The first kappa shape index (κ1) is 17.4. The minimum Gasteiger partial charge on any atom is -0.454 e. The average Bonchev–Trinajstić information content (AvgIpc) is 3.13. The summed E-state index contributed by atoms with van der Waals surface area (Å²) in [6.45, 7) is 0.205. The molecule has 1 aliphatic carbocycles. The van der Waals surface area contributed by atoms with Gasteiger partial charge in [0.05, 0.1) is 21.8 Å². The summed E-state index contributed by atoms with van der Waals surface area (Å²) in [5.41, 5.74) is 1.21. The summed E-state index contributed by atoms with van der Waals surface area (Å²) in [7, 11) is 0. The lowest BCUT2D eigenvalue weighted by Crippen LogP contribution is -2.28. The van der Waals surface area contributed by atoms with Gasteiger partial charge in [0, 0.05) is 16.7 Å². The van der Waals surface area contributed by atoms with E-state index in [0.717, 1.165) is 5.56 Å². The number of anilines is 1. The van der Waals surface area contributed by atoms with E-state index in [9.17, 15) is 4.79 Å². The molecule has 28 heavy (non-hydrogen) atoms. The van der Waals surface area contributed by atoms with Crippen molar-refractivity contribution in [1.82, 2.24) is 5.16 Å². The first-order valence-corrected chi connectivity index (χ1v) is 9.44. The number of benzene rings is 2. The van der Waals surface area contributed by atoms with Crippen LogP contribution in [0.3, 0.4) is 0 Å². The summed E-state index contributed by atoms with van der Waals surface area (Å²) in [4.78, 5) is 12.9. The minimum atomic E-state index is -0.707. The van der Waals surface area contributed by atoms with E-state index in [2.05, 4.69) is 10.5 Å². The molecule has 2 heterocycles. The van der Waals surface area contributed by atoms with E-state index in [1.165, 1.54) is 0 Å². The van der Waals surface area contributed by atoms with Crippen LogP contribution in [0.2, 0.25) is 10.0 Å². The summed E-state index contributed by atoms with van der Waals surface area (Å²) in [5.74, 6) is 1.76. The van der Waals surface area contributed by atoms with Crippen LogP contribution in [0, 0.1) is 0 Å². The molecule has 8 heteroatoms. The molecule has 0 saturated heterocycles. The topological polar surface area (TPSA) is 73.6 Å². The van der Waals surface area contributed by atoms with Gasteiger partial charge in [0.25, 0.3) is 0 Å². The Balaban J connectivity index is 1.39. The fourth-order valence-corrected chi connectivity index (χ4v) is 3.70. The number of carbonyl (C=O) groups excluding carboxylic acids is 1. The zero-order valence-corrected chi connectivity index (χ0v) is 16.0. The number of hydrogen-bond donors (Lipinski definition) is 1. The summed E-state index contributed by atoms with van der Waals surface area (Å²) < 4.78 is 16.2. The van der Waals surface area contributed by atoms with Crippen LogP contribution in [0.1, 0.15) is 18.5 Å². The lowest BCUT2D eigenvalue weighted by Gasteiger charge is -2.13. The van der Waals surface area contributed by atoms with Gasteiger partial charge in [0.2, 0.25) is 12.7 Å². The van der Waals surface area contributed by atoms with Crippen molar-refractivity contribution in [3.05, 3.63) is 58.2 Å². The van der Waals surface area contributed by atoms with Crippen molar-refractivity contribution in [3.63, 3.8) is 0 Å². The van der Waals surface area contributed by atoms with Crippen molar-refractivity contribution < 1.29 is 18.8 Å². The first-order valence-electron chi connectivity index (χ1n) is 8.69. The van der Waals surface area contributed by atoms with Gasteiger partial charge in [-0.1, -0.05) is 28.4 Å². The van der Waals surface area contributed by atoms with E-state index >= 15 is 0 Å². The number of nitrogens with zero attached hydrogens (tertiary/aromatic N) is 1. The van der Waals surface area contributed by atoms with Gasteiger partial charge in [-0.2, -0.15) is 0 Å². The molecular formula is C20H14Cl2N2O4. The van der Waals surface area contributed by atoms with Crippen LogP contribution in [0.25, 0.3) is 11.3 Å². The van der Waals surface area contributed by atoms with Gasteiger partial charge in [0.15, 0.2) is 17.3 Å². The monoisotopic (exact) mass is 416 g/mol. The standard InChI is InChI=1S/C20H14Cl2N2O4/c21-12-2-3-14(13(22)8-12)23-19(25)20(5-6-20)18-9-16(28-24-18)11-1-4-15-17(7-11)27-10-26-15/h1-4,7-9H,5-6,10H2,(H,23,25). The molecule has 1 fully saturated rings. The van der Waals surface area contributed by atoms with E-state index in [4.69, 9.17) is 37.2 Å². The number of rotatable bonds is 4. The maximum Gasteiger partial charge on any atom is 0.236 e. The van der Waals surface area contributed by atoms with Crippen molar-refractivity contribution in [2.24, 2.45) is 0 Å². The fraction of sp³-hybridized carbons (Fsp3) is 0.200. The number of ether oxygens (including phenoxy) is 2. The van der Waals surface area contributed by atoms with Crippen molar-refractivity contribution in [2.45, 2.75) is 18.3 Å². The summed E-state index contributed by atoms with van der Waals surface area (Å²) >= 11 is 12.1. The number of amides is 1. The van der Waals surface area contributed by atoms with E-state index in [1.54, 1.807) is 24.3 Å². The fourth-order valence-electron chi connectivity index (χ4n) is 3.24. The Kier molecular flexibility index (Phi) is 4.00. The highest BCUT2D eigenvalue weighted by Crippen LogP contribution is 2.49. The number of aromatic nitrogens is 1. The second-order valence-electron chi connectivity index (χ2n) is 6.80. The van der Waals surface area contributed by atoms with Crippen LogP contribution in [-0.2, 0) is 10.2 Å². The molecule has 0 atom stereocenters. The predicted octanol–water partition coefficient (Wildman–Crippen LogP) is 5.05. The Bertz CT molecular complexity index is 1090. The van der Waals surface area contributed by atoms with Crippen LogP contribution in [-0.4, -0.2) is 17.9 Å². The molecule has 0 unspecified atom stereocenters. The van der Waals surface area contributed by atoms with Crippen LogP contribution < -0.4 is 14.8 Å². The normalized spacial score (nSPS) is 16.1. The Morgan fingerprint density at radius 3 is 2.64 bits per heavy atom. The highest BCUT2D eigenvalue weighted by Gasteiger charge is 2.54. The molecule has 1 amide bonds. The van der Waals surface area contributed by atoms with Gasteiger partial charge in [-0.05, 0) is 49.2 Å². The molecule has 0 bridgehead atoms. The first-order chi connectivity index (χ1) is 13.5. The van der Waals surface area contributed by atoms with Crippen LogP contribution in [0.15, 0.2) is 47.0 Å². The summed E-state index contributed by atoms with van der Waals surface area (Å²) in [6, 6.07) is 12.3. The third-order valence-electron chi connectivity index (χ3n) is 5.02. The van der Waals surface area contributed by atoms with Crippen LogP contribution in [0.5, 0.6) is 11.5 Å². The van der Waals surface area contributed by atoms with Crippen molar-refractivity contribution in [2.75, 3.05) is 12.1 Å². The van der Waals surface area contributed by atoms with Gasteiger partial charge >= 0.3 is 0 Å². The Hall–Kier alpha value is -2.70. The highest BCUT2D eigenvalue weighted by molar-refractivity contribution is 6.36. The van der Waals surface area contributed by atoms with Gasteiger partial charge < -0.3 is 19.3 Å². The number of carbonyl (C=O) groups is 1. The maximum atomic E-state index is 12.9. The Labute approximate surface area is 170 Å². The molecule has 5 rings (SSSR count). The molecule has 1 saturated carbocycles. The summed E-state index contributed by atoms with van der Waals surface area (Å²) in [5, 5.41) is 7.93. The molecule has 2 aliphatic rings. The SMILES string of the molecule is O=C(Nc1ccc(Cl)cc1Cl)C1(c2cc(-c3ccc4c(c3)OCO4)on2)CC1. The number of hydrogen-bond acceptors (Lipinski definition) is 5. The number of halogens is 2. The van der Waals surface area contributed by atoms with Crippen molar-refractivity contribution in [3.8, 4) is 22.8 Å². The van der Waals surface area contributed by atoms with Crippen LogP contribution in [0.4, 0.5) is 5.69 Å². The maximum absolute atomic E-state index is 12.9. The van der Waals surface area contributed by atoms with Gasteiger partial charge in [-0.25, -0.2) is 0 Å². The Morgan fingerprint density at radius 1 is 1.04 bits per heavy atom. The van der Waals surface area contributed by atoms with Gasteiger partial charge in [-0.3, -0.25) is 4.79 Å². The predicted molar refractivity (Wildman–Crippen MR) is 104 cm³/mol. The number of fused-ring (bicyclic) bond motifs is 1. The molecule has 6 nitrogen and oxygen atoms in total. The second-order valence-corrected chi connectivity index (χ2v) is 7.65. The van der Waals surface area contributed by atoms with Gasteiger partial charge in [0.1, 0.15) is 0 Å². The Morgan fingerprint density at radius 2 is 1.86 bits per heavy atom. The molecule has 1 aliphatic heterocycles. The zero-order chi connectivity index (χ0) is 19.3. The third-order valence-corrected chi connectivity index (χ3v) is 5.57. The molecular weight excluding hydrogens is 403 g/mol. The molecule has 1 N–H and O–H groups in total. The molecule has 142 valence electrons. The quantitative estimate of drug-likeness (QED) is 0.644. The minimum absolute atomic E-state index is 0.165. The van der Waals surface area contributed by atoms with E-state index in [0.29, 0.717) is 51.5 Å². The van der Waals surface area contributed by atoms with E-state index < -0.39 is 5.41 Å². The van der Waals surface area contributed by atoms with Gasteiger partial charge in [-0.15, -0.1) is 0 Å². The van der Waals surface area contributed by atoms with Crippen molar-refractivity contribution in [1.29, 1.82) is 0 Å². The lowest BCUT2D eigenvalue weighted by atomic mass is 10.00. The van der Waals surface area contributed by atoms with Crippen molar-refractivity contribution >= 4 is 34.8 Å². The lowest BCUT2D eigenvalue weighted by molar-refractivity contribution is -0.118. The largest absolute Gasteiger partial charge is 0.454 e. The van der Waals surface area contributed by atoms with E-state index in [1.807, 2.05) is 18.2 Å². The molecule has 3 aromatic rings. The molecule has 2 aromatic carbocycles.